The second-order valence-corrected chi connectivity index (χ2v) is 4.44. The second kappa shape index (κ2) is 7.31. The summed E-state index contributed by atoms with van der Waals surface area (Å²) in [7, 11) is 1.27. The van der Waals surface area contributed by atoms with Gasteiger partial charge < -0.3 is 14.5 Å². The molecule has 0 aliphatic carbocycles. The number of benzene rings is 1. The SMILES string of the molecule is COC(=O)c1ccc(-c2ccc(NC(C#N)=C(C#N)C#N)cc2)o1. The van der Waals surface area contributed by atoms with Gasteiger partial charge in [0.2, 0.25) is 5.76 Å². The van der Waals surface area contributed by atoms with Crippen molar-refractivity contribution in [3.05, 3.63) is 53.4 Å². The first kappa shape index (κ1) is 16.4. The highest BCUT2D eigenvalue weighted by molar-refractivity contribution is 5.87. The lowest BCUT2D eigenvalue weighted by atomic mass is 10.1. The number of furan rings is 1. The first-order chi connectivity index (χ1) is 11.6. The summed E-state index contributed by atoms with van der Waals surface area (Å²) in [5.74, 6) is 0.00805. The Morgan fingerprint density at radius 2 is 1.71 bits per heavy atom. The van der Waals surface area contributed by atoms with E-state index in [9.17, 15) is 4.79 Å². The quantitative estimate of drug-likeness (QED) is 0.679. The van der Waals surface area contributed by atoms with E-state index in [0.29, 0.717) is 17.0 Å². The lowest BCUT2D eigenvalue weighted by molar-refractivity contribution is 0.0566. The molecular weight excluding hydrogens is 308 g/mol. The fourth-order valence-corrected chi connectivity index (χ4v) is 1.85. The minimum atomic E-state index is -0.566. The average Bonchev–Trinajstić information content (AvgIpc) is 3.11. The van der Waals surface area contributed by atoms with E-state index in [0.717, 1.165) is 0 Å². The molecule has 7 heteroatoms. The molecule has 2 rings (SSSR count). The van der Waals surface area contributed by atoms with Crippen LogP contribution in [0.15, 0.2) is 52.1 Å². The van der Waals surface area contributed by atoms with Crippen molar-refractivity contribution in [3.8, 4) is 29.5 Å². The van der Waals surface area contributed by atoms with Crippen LogP contribution in [0, 0.1) is 34.0 Å². The van der Waals surface area contributed by atoms with Crippen molar-refractivity contribution in [3.63, 3.8) is 0 Å². The number of hydrogen-bond donors (Lipinski definition) is 1. The Balaban J connectivity index is 2.23. The van der Waals surface area contributed by atoms with E-state index in [1.165, 1.54) is 13.2 Å². The maximum absolute atomic E-state index is 11.4. The van der Waals surface area contributed by atoms with Crippen LogP contribution < -0.4 is 5.32 Å². The van der Waals surface area contributed by atoms with Crippen LogP contribution in [0.1, 0.15) is 10.6 Å². The second-order valence-electron chi connectivity index (χ2n) is 4.44. The topological polar surface area (TPSA) is 123 Å². The van der Waals surface area contributed by atoms with Gasteiger partial charge in [0.15, 0.2) is 5.57 Å². The highest BCUT2D eigenvalue weighted by Crippen LogP contribution is 2.24. The Hall–Kier alpha value is -4.02. The zero-order chi connectivity index (χ0) is 17.5. The highest BCUT2D eigenvalue weighted by Gasteiger charge is 2.12. The molecule has 0 saturated heterocycles. The van der Waals surface area contributed by atoms with Crippen LogP contribution in [-0.4, -0.2) is 13.1 Å². The number of allylic oxidation sites excluding steroid dienone is 2. The van der Waals surface area contributed by atoms with Crippen LogP contribution >= 0.6 is 0 Å². The van der Waals surface area contributed by atoms with Gasteiger partial charge in [0.1, 0.15) is 29.7 Å². The van der Waals surface area contributed by atoms with E-state index in [1.807, 2.05) is 0 Å². The summed E-state index contributed by atoms with van der Waals surface area (Å²) in [4.78, 5) is 11.4. The monoisotopic (exact) mass is 318 g/mol. The highest BCUT2D eigenvalue weighted by atomic mass is 16.5. The molecule has 116 valence electrons. The van der Waals surface area contributed by atoms with E-state index in [-0.39, 0.29) is 17.0 Å². The predicted molar refractivity (Wildman–Crippen MR) is 83.0 cm³/mol. The van der Waals surface area contributed by atoms with E-state index < -0.39 is 5.97 Å². The maximum atomic E-state index is 11.4. The van der Waals surface area contributed by atoms with Gasteiger partial charge >= 0.3 is 5.97 Å². The van der Waals surface area contributed by atoms with Crippen molar-refractivity contribution in [2.75, 3.05) is 12.4 Å². The molecule has 0 radical (unpaired) electrons. The molecule has 0 bridgehead atoms. The predicted octanol–water partition coefficient (Wildman–Crippen LogP) is 2.97. The number of nitrogens with zero attached hydrogens (tertiary/aromatic N) is 3. The molecule has 0 fully saturated rings. The smallest absolute Gasteiger partial charge is 0.373 e. The largest absolute Gasteiger partial charge is 0.463 e. The van der Waals surface area contributed by atoms with Crippen molar-refractivity contribution in [2.24, 2.45) is 0 Å². The molecule has 0 spiro atoms. The fourth-order valence-electron chi connectivity index (χ4n) is 1.85. The van der Waals surface area contributed by atoms with Gasteiger partial charge in [-0.05, 0) is 36.4 Å². The molecular formula is C17H10N4O3. The minimum absolute atomic E-state index is 0.0945. The number of nitrogens with one attached hydrogen (secondary N) is 1. The molecule has 1 heterocycles. The van der Waals surface area contributed by atoms with Crippen LogP contribution in [0.2, 0.25) is 0 Å². The third-order valence-electron chi connectivity index (χ3n) is 3.02. The van der Waals surface area contributed by atoms with E-state index in [4.69, 9.17) is 20.2 Å². The van der Waals surface area contributed by atoms with Crippen molar-refractivity contribution >= 4 is 11.7 Å². The number of anilines is 1. The fraction of sp³-hybridized carbons (Fsp3) is 0.0588. The summed E-state index contributed by atoms with van der Waals surface area (Å²) in [5.41, 5.74) is 0.811. The molecule has 1 aromatic carbocycles. The zero-order valence-electron chi connectivity index (χ0n) is 12.5. The number of methoxy groups -OCH3 is 1. The molecule has 0 aliphatic heterocycles. The summed E-state index contributed by atoms with van der Waals surface area (Å²) < 4.78 is 9.97. The first-order valence-electron chi connectivity index (χ1n) is 6.63. The van der Waals surface area contributed by atoms with Gasteiger partial charge in [-0.1, -0.05) is 0 Å². The van der Waals surface area contributed by atoms with Gasteiger partial charge in [-0.15, -0.1) is 0 Å². The van der Waals surface area contributed by atoms with Crippen molar-refractivity contribution in [1.29, 1.82) is 15.8 Å². The molecule has 0 amide bonds. The third kappa shape index (κ3) is 3.41. The molecule has 7 nitrogen and oxygen atoms in total. The Morgan fingerprint density at radius 1 is 1.04 bits per heavy atom. The molecule has 0 atom stereocenters. The van der Waals surface area contributed by atoms with Gasteiger partial charge in [0.25, 0.3) is 0 Å². The number of rotatable bonds is 4. The maximum Gasteiger partial charge on any atom is 0.373 e. The first-order valence-corrected chi connectivity index (χ1v) is 6.63. The normalized spacial score (nSPS) is 9.08. The minimum Gasteiger partial charge on any atom is -0.463 e. The van der Waals surface area contributed by atoms with Crippen molar-refractivity contribution in [1.82, 2.24) is 0 Å². The van der Waals surface area contributed by atoms with Gasteiger partial charge in [0.05, 0.1) is 7.11 Å². The van der Waals surface area contributed by atoms with Crippen LogP contribution in [0.25, 0.3) is 11.3 Å². The molecule has 0 aliphatic rings. The standard InChI is InChI=1S/C17H10N4O3/c1-23-17(22)16-7-6-15(24-16)11-2-4-13(5-3-11)21-14(10-20)12(8-18)9-19/h2-7,21H,1H3. The summed E-state index contributed by atoms with van der Waals surface area (Å²) in [6.07, 6.45) is 0. The summed E-state index contributed by atoms with van der Waals surface area (Å²) >= 11 is 0. The molecule has 0 saturated carbocycles. The molecule has 1 N–H and O–H groups in total. The summed E-state index contributed by atoms with van der Waals surface area (Å²) in [6.45, 7) is 0. The van der Waals surface area contributed by atoms with Crippen LogP contribution in [0.4, 0.5) is 5.69 Å². The Bertz CT molecular complexity index is 902. The summed E-state index contributed by atoms with van der Waals surface area (Å²) in [6, 6.07) is 14.9. The van der Waals surface area contributed by atoms with Crippen LogP contribution in [-0.2, 0) is 4.74 Å². The average molecular weight is 318 g/mol. The van der Waals surface area contributed by atoms with Crippen molar-refractivity contribution in [2.45, 2.75) is 0 Å². The number of carbonyl (C=O) groups excluding carboxylic acids is 1. The van der Waals surface area contributed by atoms with Gasteiger partial charge in [-0.2, -0.15) is 15.8 Å². The van der Waals surface area contributed by atoms with Crippen LogP contribution in [0.3, 0.4) is 0 Å². The lowest BCUT2D eigenvalue weighted by Gasteiger charge is -2.05. The number of carbonyl (C=O) groups is 1. The van der Waals surface area contributed by atoms with E-state index in [2.05, 4.69) is 10.1 Å². The molecule has 2 aromatic rings. The molecule has 0 unspecified atom stereocenters. The number of hydrogen-bond acceptors (Lipinski definition) is 7. The van der Waals surface area contributed by atoms with Gasteiger partial charge in [-0.25, -0.2) is 4.79 Å². The number of ether oxygens (including phenoxy) is 1. The number of esters is 1. The Labute approximate surface area is 137 Å². The Morgan fingerprint density at radius 3 is 2.25 bits per heavy atom. The summed E-state index contributed by atoms with van der Waals surface area (Å²) in [5, 5.41) is 29.3. The lowest BCUT2D eigenvalue weighted by Crippen LogP contribution is -2.00. The molecule has 1 aromatic heterocycles. The number of nitriles is 3. The van der Waals surface area contributed by atoms with Gasteiger partial charge in [0, 0.05) is 11.3 Å². The van der Waals surface area contributed by atoms with E-state index >= 15 is 0 Å². The zero-order valence-corrected chi connectivity index (χ0v) is 12.5. The van der Waals surface area contributed by atoms with Crippen LogP contribution in [0.5, 0.6) is 0 Å². The third-order valence-corrected chi connectivity index (χ3v) is 3.02. The Kier molecular flexibility index (Phi) is 4.98. The van der Waals surface area contributed by atoms with Gasteiger partial charge in [-0.3, -0.25) is 0 Å². The van der Waals surface area contributed by atoms with Crippen molar-refractivity contribution < 1.29 is 13.9 Å². The molecule has 24 heavy (non-hydrogen) atoms. The van der Waals surface area contributed by atoms with E-state index in [1.54, 1.807) is 48.5 Å².